The van der Waals surface area contributed by atoms with Crippen molar-refractivity contribution < 1.29 is 4.74 Å². The monoisotopic (exact) mass is 347 g/mol. The van der Waals surface area contributed by atoms with Gasteiger partial charge < -0.3 is 9.64 Å². The van der Waals surface area contributed by atoms with Crippen molar-refractivity contribution in [2.24, 2.45) is 0 Å². The van der Waals surface area contributed by atoms with Crippen LogP contribution in [0.25, 0.3) is 20.9 Å². The second-order valence-electron chi connectivity index (χ2n) is 5.84. The summed E-state index contributed by atoms with van der Waals surface area (Å²) >= 11 is 1.70. The molecule has 124 valence electrons. The lowest BCUT2D eigenvalue weighted by atomic mass is 10.1. The van der Waals surface area contributed by atoms with Crippen LogP contribution in [0.5, 0.6) is 0 Å². The fraction of sp³-hybridized carbons (Fsp3) is 0.200. The number of morpholine rings is 1. The number of benzene rings is 1. The van der Waals surface area contributed by atoms with Gasteiger partial charge in [-0.1, -0.05) is 12.1 Å². The van der Waals surface area contributed by atoms with E-state index < -0.39 is 0 Å². The average molecular weight is 347 g/mol. The number of hydrogen-bond acceptors (Lipinski definition) is 5. The van der Waals surface area contributed by atoms with E-state index in [0.717, 1.165) is 36.7 Å². The number of rotatable bonds is 3. The number of ether oxygens (including phenoxy) is 1. The van der Waals surface area contributed by atoms with E-state index in [0.29, 0.717) is 5.56 Å². The van der Waals surface area contributed by atoms with E-state index in [-0.39, 0.29) is 0 Å². The Morgan fingerprint density at radius 1 is 1.00 bits per heavy atom. The highest BCUT2D eigenvalue weighted by Gasteiger charge is 2.12. The smallest absolute Gasteiger partial charge is 0.101 e. The van der Waals surface area contributed by atoms with Gasteiger partial charge in [0, 0.05) is 46.5 Å². The molecule has 0 N–H and O–H groups in total. The van der Waals surface area contributed by atoms with Crippen molar-refractivity contribution in [3.8, 4) is 27.0 Å². The van der Waals surface area contributed by atoms with Crippen LogP contribution < -0.4 is 4.90 Å². The number of aromatic nitrogens is 1. The summed E-state index contributed by atoms with van der Waals surface area (Å²) in [6, 6.07) is 17.0. The van der Waals surface area contributed by atoms with Crippen LogP contribution in [0.3, 0.4) is 0 Å². The maximum atomic E-state index is 9.26. The van der Waals surface area contributed by atoms with E-state index >= 15 is 0 Å². The summed E-state index contributed by atoms with van der Waals surface area (Å²) in [6.45, 7) is 3.48. The molecule has 5 heteroatoms. The Kier molecular flexibility index (Phi) is 4.47. The van der Waals surface area contributed by atoms with Crippen LogP contribution >= 0.6 is 11.3 Å². The van der Waals surface area contributed by atoms with E-state index in [1.807, 2.05) is 6.07 Å². The minimum Gasteiger partial charge on any atom is -0.378 e. The van der Waals surface area contributed by atoms with Crippen LogP contribution in [0.15, 0.2) is 54.9 Å². The minimum atomic E-state index is 0.610. The summed E-state index contributed by atoms with van der Waals surface area (Å²) in [7, 11) is 0. The standard InChI is InChI=1S/C20H17N3OS/c21-13-16-14-22-8-7-18(16)20-6-5-19(25-20)15-1-3-17(4-2-15)23-9-11-24-12-10-23/h1-8,14H,9-12H2. The van der Waals surface area contributed by atoms with Gasteiger partial charge in [0.05, 0.1) is 18.8 Å². The molecule has 3 heterocycles. The molecular formula is C20H17N3OS. The van der Waals surface area contributed by atoms with E-state index in [9.17, 15) is 5.26 Å². The molecule has 0 amide bonds. The lowest BCUT2D eigenvalue weighted by Crippen LogP contribution is -2.36. The number of hydrogen-bond donors (Lipinski definition) is 0. The Morgan fingerprint density at radius 3 is 2.52 bits per heavy atom. The first kappa shape index (κ1) is 15.8. The molecule has 3 aromatic rings. The predicted octanol–water partition coefficient (Wildman–Crippen LogP) is 4.19. The number of nitrogens with zero attached hydrogens (tertiary/aromatic N) is 3. The van der Waals surface area contributed by atoms with Crippen molar-refractivity contribution in [2.45, 2.75) is 0 Å². The second-order valence-corrected chi connectivity index (χ2v) is 6.93. The van der Waals surface area contributed by atoms with Gasteiger partial charge >= 0.3 is 0 Å². The summed E-state index contributed by atoms with van der Waals surface area (Å²) in [5.74, 6) is 0. The van der Waals surface area contributed by atoms with Gasteiger partial charge in [0.1, 0.15) is 6.07 Å². The van der Waals surface area contributed by atoms with E-state index in [1.165, 1.54) is 16.1 Å². The number of anilines is 1. The first-order chi connectivity index (χ1) is 12.3. The predicted molar refractivity (Wildman–Crippen MR) is 101 cm³/mol. The van der Waals surface area contributed by atoms with Gasteiger partial charge in [-0.3, -0.25) is 4.98 Å². The minimum absolute atomic E-state index is 0.610. The first-order valence-electron chi connectivity index (χ1n) is 8.22. The molecule has 1 aliphatic rings. The third-order valence-corrected chi connectivity index (χ3v) is 5.51. The third-order valence-electron chi connectivity index (χ3n) is 4.34. The third kappa shape index (κ3) is 3.27. The van der Waals surface area contributed by atoms with Gasteiger partial charge in [0.15, 0.2) is 0 Å². The van der Waals surface area contributed by atoms with Gasteiger partial charge in [0.25, 0.3) is 0 Å². The Labute approximate surface area is 150 Å². The zero-order valence-corrected chi connectivity index (χ0v) is 14.5. The van der Waals surface area contributed by atoms with Gasteiger partial charge in [-0.05, 0) is 35.9 Å². The van der Waals surface area contributed by atoms with Crippen LogP contribution in [0, 0.1) is 11.3 Å². The molecule has 0 unspecified atom stereocenters. The summed E-state index contributed by atoms with van der Waals surface area (Å²) in [5, 5.41) is 9.26. The fourth-order valence-electron chi connectivity index (χ4n) is 2.99. The molecule has 0 radical (unpaired) electrons. The van der Waals surface area contributed by atoms with Crippen LogP contribution in [0.2, 0.25) is 0 Å². The SMILES string of the molecule is N#Cc1cnccc1-c1ccc(-c2ccc(N3CCOCC3)cc2)s1. The zero-order valence-electron chi connectivity index (χ0n) is 13.7. The van der Waals surface area contributed by atoms with Gasteiger partial charge in [-0.15, -0.1) is 11.3 Å². The molecule has 0 spiro atoms. The van der Waals surface area contributed by atoms with Crippen molar-refractivity contribution in [2.75, 3.05) is 31.2 Å². The molecule has 0 saturated carbocycles. The largest absolute Gasteiger partial charge is 0.378 e. The second kappa shape index (κ2) is 7.06. The number of thiophene rings is 1. The number of pyridine rings is 1. The highest BCUT2D eigenvalue weighted by molar-refractivity contribution is 7.18. The molecule has 4 rings (SSSR count). The maximum absolute atomic E-state index is 9.26. The quantitative estimate of drug-likeness (QED) is 0.713. The summed E-state index contributed by atoms with van der Waals surface area (Å²) in [4.78, 5) is 8.67. The fourth-order valence-corrected chi connectivity index (χ4v) is 4.05. The Hall–Kier alpha value is -2.68. The molecule has 1 fully saturated rings. The summed E-state index contributed by atoms with van der Waals surface area (Å²) in [5.41, 5.74) is 3.99. The molecule has 1 aliphatic heterocycles. The van der Waals surface area contributed by atoms with Crippen LogP contribution in [-0.4, -0.2) is 31.3 Å². The van der Waals surface area contributed by atoms with Crippen LogP contribution in [0.1, 0.15) is 5.56 Å². The lowest BCUT2D eigenvalue weighted by Gasteiger charge is -2.28. The molecule has 0 atom stereocenters. The Bertz CT molecular complexity index is 905. The summed E-state index contributed by atoms with van der Waals surface area (Å²) in [6.07, 6.45) is 3.35. The van der Waals surface area contributed by atoms with Gasteiger partial charge in [0.2, 0.25) is 0 Å². The normalized spacial score (nSPS) is 14.3. The molecular weight excluding hydrogens is 330 g/mol. The van der Waals surface area contributed by atoms with E-state index in [4.69, 9.17) is 4.74 Å². The van der Waals surface area contributed by atoms with Crippen LogP contribution in [-0.2, 0) is 4.74 Å². The highest BCUT2D eigenvalue weighted by atomic mass is 32.1. The number of nitriles is 1. The molecule has 0 bridgehead atoms. The highest BCUT2D eigenvalue weighted by Crippen LogP contribution is 2.36. The van der Waals surface area contributed by atoms with Crippen molar-refractivity contribution in [3.63, 3.8) is 0 Å². The van der Waals surface area contributed by atoms with Gasteiger partial charge in [-0.25, -0.2) is 0 Å². The van der Waals surface area contributed by atoms with Crippen molar-refractivity contribution in [1.29, 1.82) is 5.26 Å². The van der Waals surface area contributed by atoms with Crippen molar-refractivity contribution >= 4 is 17.0 Å². The Morgan fingerprint density at radius 2 is 1.76 bits per heavy atom. The molecule has 1 saturated heterocycles. The Balaban J connectivity index is 1.59. The topological polar surface area (TPSA) is 49.2 Å². The first-order valence-corrected chi connectivity index (χ1v) is 9.04. The molecule has 4 nitrogen and oxygen atoms in total. The van der Waals surface area contributed by atoms with Crippen molar-refractivity contribution in [3.05, 3.63) is 60.4 Å². The summed E-state index contributed by atoms with van der Waals surface area (Å²) < 4.78 is 5.41. The van der Waals surface area contributed by atoms with E-state index in [2.05, 4.69) is 52.4 Å². The zero-order chi connectivity index (χ0) is 17.1. The maximum Gasteiger partial charge on any atom is 0.101 e. The molecule has 25 heavy (non-hydrogen) atoms. The molecule has 2 aromatic heterocycles. The molecule has 0 aliphatic carbocycles. The average Bonchev–Trinajstić information content (AvgIpc) is 3.19. The van der Waals surface area contributed by atoms with E-state index in [1.54, 1.807) is 23.7 Å². The van der Waals surface area contributed by atoms with Crippen LogP contribution in [0.4, 0.5) is 5.69 Å². The molecule has 1 aromatic carbocycles. The van der Waals surface area contributed by atoms with Gasteiger partial charge in [-0.2, -0.15) is 5.26 Å². The van der Waals surface area contributed by atoms with Crippen molar-refractivity contribution in [1.82, 2.24) is 4.98 Å². The lowest BCUT2D eigenvalue weighted by molar-refractivity contribution is 0.122.